The second-order valence-electron chi connectivity index (χ2n) is 5.24. The molecule has 1 heterocycles. The summed E-state index contributed by atoms with van der Waals surface area (Å²) < 4.78 is 5.12. The van der Waals surface area contributed by atoms with E-state index in [9.17, 15) is 15.0 Å². The van der Waals surface area contributed by atoms with Crippen LogP contribution in [0.25, 0.3) is 0 Å². The lowest BCUT2D eigenvalue weighted by atomic mass is 10.1. The van der Waals surface area contributed by atoms with Crippen molar-refractivity contribution in [3.05, 3.63) is 41.3 Å². The molecule has 0 radical (unpaired) electrons. The van der Waals surface area contributed by atoms with Crippen LogP contribution in [0.5, 0.6) is 11.5 Å². The highest BCUT2D eigenvalue weighted by molar-refractivity contribution is 5.99. The van der Waals surface area contributed by atoms with Gasteiger partial charge in [-0.2, -0.15) is 0 Å². The zero-order valence-corrected chi connectivity index (χ0v) is 12.0. The van der Waals surface area contributed by atoms with Gasteiger partial charge >= 0.3 is 0 Å². The Labute approximate surface area is 122 Å². The summed E-state index contributed by atoms with van der Waals surface area (Å²) in [5.41, 5.74) is 0.680. The van der Waals surface area contributed by atoms with Gasteiger partial charge in [-0.1, -0.05) is 25.1 Å². The van der Waals surface area contributed by atoms with Crippen LogP contribution in [0.2, 0.25) is 0 Å². The number of nitrogens with zero attached hydrogens (tertiary/aromatic N) is 1. The highest BCUT2D eigenvalue weighted by Gasteiger charge is 2.16. The maximum Gasteiger partial charge on any atom is 0.259 e. The van der Waals surface area contributed by atoms with Crippen molar-refractivity contribution < 1.29 is 19.5 Å². The summed E-state index contributed by atoms with van der Waals surface area (Å²) in [5, 5.41) is 25.7. The topological polar surface area (TPSA) is 95.6 Å². The Hall–Kier alpha value is -2.50. The number of aromatic hydroxyl groups is 2. The molecule has 1 aromatic carbocycles. The van der Waals surface area contributed by atoms with Crippen LogP contribution in [-0.4, -0.2) is 21.3 Å². The maximum atomic E-state index is 12.0. The molecule has 0 aliphatic carbocycles. The Kier molecular flexibility index (Phi) is 4.47. The Morgan fingerprint density at radius 2 is 2.00 bits per heavy atom. The average molecular weight is 290 g/mol. The van der Waals surface area contributed by atoms with Crippen LogP contribution in [0, 0.1) is 5.92 Å². The number of rotatable bonds is 5. The van der Waals surface area contributed by atoms with Crippen molar-refractivity contribution in [3.63, 3.8) is 0 Å². The van der Waals surface area contributed by atoms with E-state index in [4.69, 9.17) is 4.52 Å². The number of nitrogens with one attached hydrogen (secondary N) is 1. The number of phenols is 2. The van der Waals surface area contributed by atoms with Crippen molar-refractivity contribution in [1.29, 1.82) is 0 Å². The molecule has 2 aromatic rings. The van der Waals surface area contributed by atoms with E-state index in [2.05, 4.69) is 24.3 Å². The molecule has 0 unspecified atom stereocenters. The lowest BCUT2D eigenvalue weighted by Gasteiger charge is -2.06. The fourth-order valence-corrected chi connectivity index (χ4v) is 1.97. The van der Waals surface area contributed by atoms with Crippen molar-refractivity contribution >= 4 is 5.91 Å². The van der Waals surface area contributed by atoms with Gasteiger partial charge in [0.05, 0.1) is 12.2 Å². The van der Waals surface area contributed by atoms with Gasteiger partial charge in [-0.25, -0.2) is 0 Å². The SMILES string of the molecule is CC(C)Cc1cc(CNC(=O)c2c(O)cccc2O)on1. The predicted molar refractivity (Wildman–Crippen MR) is 76.0 cm³/mol. The first-order valence-electron chi connectivity index (χ1n) is 6.71. The van der Waals surface area contributed by atoms with E-state index in [1.54, 1.807) is 6.07 Å². The zero-order chi connectivity index (χ0) is 15.4. The minimum atomic E-state index is -0.576. The molecule has 0 spiro atoms. The summed E-state index contributed by atoms with van der Waals surface area (Å²) in [6.45, 7) is 4.30. The number of aromatic nitrogens is 1. The van der Waals surface area contributed by atoms with E-state index >= 15 is 0 Å². The quantitative estimate of drug-likeness (QED) is 0.784. The van der Waals surface area contributed by atoms with E-state index in [0.717, 1.165) is 12.1 Å². The van der Waals surface area contributed by atoms with Crippen LogP contribution >= 0.6 is 0 Å². The monoisotopic (exact) mass is 290 g/mol. The predicted octanol–water partition coefficient (Wildman–Crippen LogP) is 2.21. The second-order valence-corrected chi connectivity index (χ2v) is 5.24. The van der Waals surface area contributed by atoms with Gasteiger partial charge in [0, 0.05) is 6.07 Å². The van der Waals surface area contributed by atoms with Gasteiger partial charge in [0.15, 0.2) is 5.76 Å². The van der Waals surface area contributed by atoms with Crippen molar-refractivity contribution in [2.45, 2.75) is 26.8 Å². The van der Waals surface area contributed by atoms with Gasteiger partial charge in [-0.15, -0.1) is 0 Å². The number of phenolic OH excluding ortho intramolecular Hbond substituents is 2. The van der Waals surface area contributed by atoms with Gasteiger partial charge in [0.2, 0.25) is 0 Å². The van der Waals surface area contributed by atoms with E-state index in [1.165, 1.54) is 18.2 Å². The molecule has 0 fully saturated rings. The van der Waals surface area contributed by atoms with E-state index in [-0.39, 0.29) is 23.6 Å². The molecule has 1 aromatic heterocycles. The molecule has 6 heteroatoms. The third-order valence-electron chi connectivity index (χ3n) is 2.90. The highest BCUT2D eigenvalue weighted by Crippen LogP contribution is 2.25. The van der Waals surface area contributed by atoms with Gasteiger partial charge in [-0.3, -0.25) is 4.79 Å². The molecular weight excluding hydrogens is 272 g/mol. The van der Waals surface area contributed by atoms with E-state index in [0.29, 0.717) is 11.7 Å². The van der Waals surface area contributed by atoms with Crippen LogP contribution in [-0.2, 0) is 13.0 Å². The highest BCUT2D eigenvalue weighted by atomic mass is 16.5. The number of benzene rings is 1. The largest absolute Gasteiger partial charge is 0.507 e. The van der Waals surface area contributed by atoms with Crippen molar-refractivity contribution in [1.82, 2.24) is 10.5 Å². The fourth-order valence-electron chi connectivity index (χ4n) is 1.97. The summed E-state index contributed by atoms with van der Waals surface area (Å²) in [5.74, 6) is -0.131. The van der Waals surface area contributed by atoms with Gasteiger partial charge in [0.1, 0.15) is 17.1 Å². The molecule has 0 aliphatic heterocycles. The number of carbonyl (C=O) groups excluding carboxylic acids is 1. The van der Waals surface area contributed by atoms with Crippen LogP contribution in [0.3, 0.4) is 0 Å². The fraction of sp³-hybridized carbons (Fsp3) is 0.333. The molecular formula is C15H18N2O4. The molecule has 0 saturated carbocycles. The molecule has 0 bridgehead atoms. The van der Waals surface area contributed by atoms with Crippen molar-refractivity contribution in [2.24, 2.45) is 5.92 Å². The van der Waals surface area contributed by atoms with E-state index < -0.39 is 5.91 Å². The third-order valence-corrected chi connectivity index (χ3v) is 2.90. The van der Waals surface area contributed by atoms with Gasteiger partial charge in [-0.05, 0) is 24.5 Å². The molecule has 6 nitrogen and oxygen atoms in total. The molecule has 0 atom stereocenters. The smallest absolute Gasteiger partial charge is 0.259 e. The normalized spacial score (nSPS) is 10.8. The first-order valence-corrected chi connectivity index (χ1v) is 6.71. The number of hydrogen-bond acceptors (Lipinski definition) is 5. The van der Waals surface area contributed by atoms with Crippen LogP contribution in [0.4, 0.5) is 0 Å². The van der Waals surface area contributed by atoms with Crippen molar-refractivity contribution in [2.75, 3.05) is 0 Å². The number of carbonyl (C=O) groups is 1. The van der Waals surface area contributed by atoms with Crippen molar-refractivity contribution in [3.8, 4) is 11.5 Å². The molecule has 0 saturated heterocycles. The first-order chi connectivity index (χ1) is 9.97. The first kappa shape index (κ1) is 14.9. The molecule has 21 heavy (non-hydrogen) atoms. The number of amides is 1. The average Bonchev–Trinajstić information content (AvgIpc) is 2.83. The summed E-state index contributed by atoms with van der Waals surface area (Å²) in [4.78, 5) is 12.0. The molecule has 112 valence electrons. The molecule has 0 aliphatic rings. The minimum absolute atomic E-state index is 0.137. The standard InChI is InChI=1S/C15H18N2O4/c1-9(2)6-10-7-11(21-17-10)8-16-15(20)14-12(18)4-3-5-13(14)19/h3-5,7,9,18-19H,6,8H2,1-2H3,(H,16,20). The summed E-state index contributed by atoms with van der Waals surface area (Å²) in [6, 6.07) is 5.91. The minimum Gasteiger partial charge on any atom is -0.507 e. The summed E-state index contributed by atoms with van der Waals surface area (Å²) in [7, 11) is 0. The number of hydrogen-bond donors (Lipinski definition) is 3. The Morgan fingerprint density at radius 1 is 1.33 bits per heavy atom. The Morgan fingerprint density at radius 3 is 2.62 bits per heavy atom. The van der Waals surface area contributed by atoms with Gasteiger partial charge in [0.25, 0.3) is 5.91 Å². The second kappa shape index (κ2) is 6.30. The third kappa shape index (κ3) is 3.75. The maximum absolute atomic E-state index is 12.0. The summed E-state index contributed by atoms with van der Waals surface area (Å²) >= 11 is 0. The zero-order valence-electron chi connectivity index (χ0n) is 12.0. The van der Waals surface area contributed by atoms with Gasteiger partial charge < -0.3 is 20.1 Å². The lowest BCUT2D eigenvalue weighted by molar-refractivity contribution is 0.0941. The molecule has 2 rings (SSSR count). The molecule has 1 amide bonds. The van der Waals surface area contributed by atoms with E-state index in [1.807, 2.05) is 0 Å². The Balaban J connectivity index is 1.99. The van der Waals surface area contributed by atoms with Crippen LogP contribution in [0.1, 0.15) is 35.7 Å². The Bertz CT molecular complexity index is 614. The van der Waals surface area contributed by atoms with Crippen LogP contribution in [0.15, 0.2) is 28.8 Å². The molecule has 3 N–H and O–H groups in total. The van der Waals surface area contributed by atoms with Crippen LogP contribution < -0.4 is 5.32 Å². The summed E-state index contributed by atoms with van der Waals surface area (Å²) in [6.07, 6.45) is 0.803. The lowest BCUT2D eigenvalue weighted by Crippen LogP contribution is -2.22.